The number of hydrogen-bond donors (Lipinski definition) is 1. The molecule has 1 amide bonds. The quantitative estimate of drug-likeness (QED) is 0.753. The monoisotopic (exact) mass is 359 g/mol. The molecule has 0 fully saturated rings. The van der Waals surface area contributed by atoms with Crippen LogP contribution in [0, 0.1) is 6.92 Å². The van der Waals surface area contributed by atoms with Crippen molar-refractivity contribution in [1.82, 2.24) is 4.98 Å². The largest absolute Gasteiger partial charge is 0.495 e. The van der Waals surface area contributed by atoms with Gasteiger partial charge in [-0.1, -0.05) is 24.3 Å². The molecule has 0 saturated carbocycles. The van der Waals surface area contributed by atoms with Crippen molar-refractivity contribution in [3.05, 3.63) is 77.5 Å². The van der Waals surface area contributed by atoms with Crippen LogP contribution in [-0.2, 0) is 6.42 Å². The lowest BCUT2D eigenvalue weighted by atomic mass is 10.2. The third-order valence-electron chi connectivity index (χ3n) is 4.78. The van der Waals surface area contributed by atoms with E-state index in [2.05, 4.69) is 33.4 Å². The molecule has 0 saturated heterocycles. The van der Waals surface area contributed by atoms with E-state index in [-0.39, 0.29) is 5.91 Å². The Balaban J connectivity index is 1.53. The number of amides is 1. The maximum Gasteiger partial charge on any atom is 0.257 e. The third kappa shape index (κ3) is 3.36. The fourth-order valence-electron chi connectivity index (χ4n) is 3.37. The van der Waals surface area contributed by atoms with Crippen LogP contribution < -0.4 is 15.0 Å². The van der Waals surface area contributed by atoms with Gasteiger partial charge in [0, 0.05) is 18.4 Å². The zero-order valence-corrected chi connectivity index (χ0v) is 15.4. The number of aromatic nitrogens is 1. The maximum absolute atomic E-state index is 12.6. The minimum Gasteiger partial charge on any atom is -0.495 e. The molecule has 4 rings (SSSR count). The molecular formula is C22H21N3O2. The highest BCUT2D eigenvalue weighted by atomic mass is 16.5. The van der Waals surface area contributed by atoms with Crippen LogP contribution in [0.4, 0.5) is 17.2 Å². The molecule has 5 heteroatoms. The van der Waals surface area contributed by atoms with E-state index in [4.69, 9.17) is 4.74 Å². The first kappa shape index (κ1) is 17.1. The van der Waals surface area contributed by atoms with Gasteiger partial charge in [-0.2, -0.15) is 0 Å². The van der Waals surface area contributed by atoms with E-state index in [1.807, 2.05) is 37.3 Å². The van der Waals surface area contributed by atoms with E-state index in [0.717, 1.165) is 24.3 Å². The number of benzene rings is 2. The van der Waals surface area contributed by atoms with E-state index >= 15 is 0 Å². The second kappa shape index (κ2) is 7.11. The van der Waals surface area contributed by atoms with Gasteiger partial charge in [0.1, 0.15) is 11.6 Å². The fourth-order valence-corrected chi connectivity index (χ4v) is 3.37. The first-order valence-electron chi connectivity index (χ1n) is 8.93. The molecular weight excluding hydrogens is 338 g/mol. The molecule has 27 heavy (non-hydrogen) atoms. The van der Waals surface area contributed by atoms with Gasteiger partial charge in [0.25, 0.3) is 5.91 Å². The van der Waals surface area contributed by atoms with E-state index < -0.39 is 0 Å². The van der Waals surface area contributed by atoms with E-state index in [1.54, 1.807) is 19.4 Å². The number of nitrogens with zero attached hydrogens (tertiary/aromatic N) is 2. The van der Waals surface area contributed by atoms with Gasteiger partial charge in [0.2, 0.25) is 0 Å². The lowest BCUT2D eigenvalue weighted by Gasteiger charge is -2.18. The number of carbonyl (C=O) groups is 1. The molecule has 0 bridgehead atoms. The summed E-state index contributed by atoms with van der Waals surface area (Å²) in [6.45, 7) is 2.87. The second-order valence-electron chi connectivity index (χ2n) is 6.59. The van der Waals surface area contributed by atoms with E-state index in [1.165, 1.54) is 11.3 Å². The summed E-state index contributed by atoms with van der Waals surface area (Å²) in [6, 6.07) is 17.7. The van der Waals surface area contributed by atoms with Crippen molar-refractivity contribution >= 4 is 23.1 Å². The summed E-state index contributed by atoms with van der Waals surface area (Å²) < 4.78 is 5.32. The number of fused-ring (bicyclic) bond motifs is 1. The number of aryl methyl sites for hydroxylation is 1. The predicted molar refractivity (Wildman–Crippen MR) is 107 cm³/mol. The number of para-hydroxylation sites is 1. The van der Waals surface area contributed by atoms with Gasteiger partial charge in [-0.15, -0.1) is 0 Å². The Kier molecular flexibility index (Phi) is 4.50. The normalized spacial score (nSPS) is 12.6. The molecule has 0 aliphatic carbocycles. The molecule has 1 aliphatic rings. The van der Waals surface area contributed by atoms with Crippen LogP contribution in [0.2, 0.25) is 0 Å². The van der Waals surface area contributed by atoms with Crippen LogP contribution in [-0.4, -0.2) is 24.5 Å². The summed E-state index contributed by atoms with van der Waals surface area (Å²) in [7, 11) is 1.59. The summed E-state index contributed by atoms with van der Waals surface area (Å²) in [5, 5.41) is 2.91. The molecule has 2 aromatic carbocycles. The standard InChI is InChI=1S/C22H21N3O2/c1-15-7-9-20(27-2)18(13-15)24-22(26)17-8-10-21(23-14-17)25-12-11-16-5-3-4-6-19(16)25/h3-10,13-14H,11-12H2,1-2H3,(H,24,26). The van der Waals surface area contributed by atoms with Gasteiger partial charge in [0.05, 0.1) is 18.4 Å². The number of nitrogens with one attached hydrogen (secondary N) is 1. The summed E-state index contributed by atoms with van der Waals surface area (Å²) >= 11 is 0. The molecule has 0 spiro atoms. The summed E-state index contributed by atoms with van der Waals surface area (Å²) in [6.07, 6.45) is 2.63. The maximum atomic E-state index is 12.6. The van der Waals surface area contributed by atoms with Crippen LogP contribution in [0.15, 0.2) is 60.8 Å². The summed E-state index contributed by atoms with van der Waals surface area (Å²) in [5.41, 5.74) is 4.72. The van der Waals surface area contributed by atoms with Gasteiger partial charge < -0.3 is 15.0 Å². The molecule has 1 aromatic heterocycles. The number of hydrogen-bond acceptors (Lipinski definition) is 4. The average Bonchev–Trinajstić information content (AvgIpc) is 3.12. The highest BCUT2D eigenvalue weighted by Gasteiger charge is 2.21. The van der Waals surface area contributed by atoms with Crippen LogP contribution in [0.3, 0.4) is 0 Å². The highest BCUT2D eigenvalue weighted by Crippen LogP contribution is 2.33. The summed E-state index contributed by atoms with van der Waals surface area (Å²) in [5.74, 6) is 1.27. The third-order valence-corrected chi connectivity index (χ3v) is 4.78. The minimum absolute atomic E-state index is 0.209. The SMILES string of the molecule is COc1ccc(C)cc1NC(=O)c1ccc(N2CCc3ccccc32)nc1. The predicted octanol–water partition coefficient (Wildman–Crippen LogP) is 4.35. The molecule has 0 atom stereocenters. The molecule has 1 aliphatic heterocycles. The molecule has 0 unspecified atom stereocenters. The van der Waals surface area contributed by atoms with Gasteiger partial charge in [-0.25, -0.2) is 4.98 Å². The smallest absolute Gasteiger partial charge is 0.257 e. The zero-order chi connectivity index (χ0) is 18.8. The van der Waals surface area contributed by atoms with Gasteiger partial charge in [-0.05, 0) is 54.8 Å². The molecule has 5 nitrogen and oxygen atoms in total. The van der Waals surface area contributed by atoms with Crippen LogP contribution in [0.1, 0.15) is 21.5 Å². The van der Waals surface area contributed by atoms with Crippen molar-refractivity contribution in [3.63, 3.8) is 0 Å². The van der Waals surface area contributed by atoms with E-state index in [0.29, 0.717) is 17.0 Å². The Morgan fingerprint density at radius 3 is 2.78 bits per heavy atom. The van der Waals surface area contributed by atoms with Crippen molar-refractivity contribution in [2.45, 2.75) is 13.3 Å². The van der Waals surface area contributed by atoms with Gasteiger partial charge in [-0.3, -0.25) is 4.79 Å². The second-order valence-corrected chi connectivity index (χ2v) is 6.59. The first-order chi connectivity index (χ1) is 13.2. The van der Waals surface area contributed by atoms with Crippen molar-refractivity contribution in [2.24, 2.45) is 0 Å². The van der Waals surface area contributed by atoms with Crippen molar-refractivity contribution in [1.29, 1.82) is 0 Å². The Labute approximate surface area is 158 Å². The van der Waals surface area contributed by atoms with Gasteiger partial charge >= 0.3 is 0 Å². The highest BCUT2D eigenvalue weighted by molar-refractivity contribution is 6.05. The average molecular weight is 359 g/mol. The molecule has 1 N–H and O–H groups in total. The van der Waals surface area contributed by atoms with Crippen LogP contribution in [0.25, 0.3) is 0 Å². The Hall–Kier alpha value is -3.34. The number of pyridine rings is 1. The van der Waals surface area contributed by atoms with Crippen molar-refractivity contribution in [3.8, 4) is 5.75 Å². The molecule has 2 heterocycles. The topological polar surface area (TPSA) is 54.5 Å². The number of methoxy groups -OCH3 is 1. The fraction of sp³-hybridized carbons (Fsp3) is 0.182. The van der Waals surface area contributed by atoms with Crippen LogP contribution in [0.5, 0.6) is 5.75 Å². The van der Waals surface area contributed by atoms with Crippen molar-refractivity contribution < 1.29 is 9.53 Å². The van der Waals surface area contributed by atoms with Crippen LogP contribution >= 0.6 is 0 Å². The Bertz CT molecular complexity index is 983. The lowest BCUT2D eigenvalue weighted by molar-refractivity contribution is 0.102. The Morgan fingerprint density at radius 1 is 1.15 bits per heavy atom. The minimum atomic E-state index is -0.209. The number of anilines is 3. The molecule has 0 radical (unpaired) electrons. The number of rotatable bonds is 4. The summed E-state index contributed by atoms with van der Waals surface area (Å²) in [4.78, 5) is 19.3. The first-order valence-corrected chi connectivity index (χ1v) is 8.93. The number of carbonyl (C=O) groups excluding carboxylic acids is 1. The number of ether oxygens (including phenoxy) is 1. The Morgan fingerprint density at radius 2 is 2.00 bits per heavy atom. The van der Waals surface area contributed by atoms with Crippen molar-refractivity contribution in [2.75, 3.05) is 23.9 Å². The van der Waals surface area contributed by atoms with Gasteiger partial charge in [0.15, 0.2) is 0 Å². The molecule has 136 valence electrons. The lowest BCUT2D eigenvalue weighted by Crippen LogP contribution is -2.16. The van der Waals surface area contributed by atoms with E-state index in [9.17, 15) is 4.79 Å². The molecule has 3 aromatic rings. The zero-order valence-electron chi connectivity index (χ0n) is 15.4.